The number of rotatable bonds is 2. The third-order valence-electron chi connectivity index (χ3n) is 2.33. The first-order valence-electron chi connectivity index (χ1n) is 5.12. The first kappa shape index (κ1) is 12.4. The summed E-state index contributed by atoms with van der Waals surface area (Å²) in [7, 11) is 0. The molecule has 0 aliphatic heterocycles. The number of Topliss-reactive ketones (excluding diaryl/α,β-unsaturated/α-hetero) is 1. The lowest BCUT2D eigenvalue weighted by Crippen LogP contribution is -2.22. The number of carbonyl (C=O) groups is 2. The second-order valence-corrected chi connectivity index (χ2v) is 4.93. The lowest BCUT2D eigenvalue weighted by atomic mass is 9.84. The Labute approximate surface area is 95.1 Å². The van der Waals surface area contributed by atoms with Gasteiger partial charge in [-0.15, -0.1) is 0 Å². The van der Waals surface area contributed by atoms with Crippen LogP contribution in [0.15, 0.2) is 18.2 Å². The third kappa shape index (κ3) is 2.48. The molecule has 0 heterocycles. The minimum Gasteiger partial charge on any atom is -0.478 e. The number of carboxylic acid groups (broad SMARTS) is 1. The van der Waals surface area contributed by atoms with Crippen molar-refractivity contribution in [3.63, 3.8) is 0 Å². The Kier molecular flexibility index (Phi) is 3.17. The number of aryl methyl sites for hydroxylation is 1. The number of benzene rings is 1. The van der Waals surface area contributed by atoms with E-state index in [-0.39, 0.29) is 16.9 Å². The molecule has 16 heavy (non-hydrogen) atoms. The van der Waals surface area contributed by atoms with Crippen molar-refractivity contribution >= 4 is 11.8 Å². The normalized spacial score (nSPS) is 11.2. The number of ketones is 1. The highest BCUT2D eigenvalue weighted by Crippen LogP contribution is 2.23. The minimum absolute atomic E-state index is 0.0833. The summed E-state index contributed by atoms with van der Waals surface area (Å²) in [6.07, 6.45) is 0. The summed E-state index contributed by atoms with van der Waals surface area (Å²) in [5.41, 5.74) is 0.632. The molecule has 1 N–H and O–H groups in total. The second-order valence-electron chi connectivity index (χ2n) is 4.93. The number of carboxylic acids is 1. The van der Waals surface area contributed by atoms with Gasteiger partial charge in [-0.2, -0.15) is 0 Å². The molecule has 3 heteroatoms. The summed E-state index contributed by atoms with van der Waals surface area (Å²) in [5.74, 6) is -1.21. The van der Waals surface area contributed by atoms with E-state index >= 15 is 0 Å². The van der Waals surface area contributed by atoms with Crippen molar-refractivity contribution in [2.75, 3.05) is 0 Å². The maximum Gasteiger partial charge on any atom is 0.336 e. The molecule has 0 aliphatic carbocycles. The number of carbonyl (C=O) groups excluding carboxylic acids is 1. The van der Waals surface area contributed by atoms with Gasteiger partial charge in [-0.1, -0.05) is 38.5 Å². The average Bonchev–Trinajstić information content (AvgIpc) is 2.15. The molecule has 0 atom stereocenters. The average molecular weight is 220 g/mol. The van der Waals surface area contributed by atoms with Crippen LogP contribution in [0.25, 0.3) is 0 Å². The highest BCUT2D eigenvalue weighted by Gasteiger charge is 2.26. The fourth-order valence-electron chi connectivity index (χ4n) is 1.44. The molecule has 0 aliphatic rings. The molecule has 86 valence electrons. The highest BCUT2D eigenvalue weighted by atomic mass is 16.4. The van der Waals surface area contributed by atoms with Crippen LogP contribution in [0, 0.1) is 12.3 Å². The van der Waals surface area contributed by atoms with Gasteiger partial charge in [0.25, 0.3) is 0 Å². The second kappa shape index (κ2) is 4.08. The summed E-state index contributed by atoms with van der Waals surface area (Å²) in [5, 5.41) is 9.05. The molecular weight excluding hydrogens is 204 g/mol. The van der Waals surface area contributed by atoms with Gasteiger partial charge in [0.15, 0.2) is 5.78 Å². The monoisotopic (exact) mass is 220 g/mol. The van der Waals surface area contributed by atoms with Crippen LogP contribution in [0.2, 0.25) is 0 Å². The van der Waals surface area contributed by atoms with Crippen LogP contribution in [0.1, 0.15) is 47.1 Å². The number of aromatic carboxylic acids is 1. The minimum atomic E-state index is -1.06. The van der Waals surface area contributed by atoms with Crippen molar-refractivity contribution in [2.24, 2.45) is 5.41 Å². The first-order chi connectivity index (χ1) is 7.23. The summed E-state index contributed by atoms with van der Waals surface area (Å²) >= 11 is 0. The Morgan fingerprint density at radius 1 is 1.12 bits per heavy atom. The standard InChI is InChI=1S/C13H16O3/c1-8-5-6-9(10(7-8)12(15)16)11(14)13(2,3)4/h5-7H,1-4H3,(H,15,16). The van der Waals surface area contributed by atoms with E-state index in [4.69, 9.17) is 5.11 Å². The molecule has 1 aromatic rings. The Hall–Kier alpha value is -1.64. The van der Waals surface area contributed by atoms with Crippen LogP contribution in [0.5, 0.6) is 0 Å². The molecule has 0 unspecified atom stereocenters. The van der Waals surface area contributed by atoms with Gasteiger partial charge in [-0.3, -0.25) is 4.79 Å². The van der Waals surface area contributed by atoms with Crippen molar-refractivity contribution in [3.8, 4) is 0 Å². The summed E-state index contributed by atoms with van der Waals surface area (Å²) in [6.45, 7) is 7.14. The van der Waals surface area contributed by atoms with E-state index in [1.807, 2.05) is 0 Å². The van der Waals surface area contributed by atoms with Crippen LogP contribution >= 0.6 is 0 Å². The van der Waals surface area contributed by atoms with Gasteiger partial charge in [-0.05, 0) is 13.0 Å². The quantitative estimate of drug-likeness (QED) is 0.779. The Morgan fingerprint density at radius 2 is 1.69 bits per heavy atom. The van der Waals surface area contributed by atoms with Crippen LogP contribution in [-0.2, 0) is 0 Å². The van der Waals surface area contributed by atoms with Crippen molar-refractivity contribution < 1.29 is 14.7 Å². The predicted octanol–water partition coefficient (Wildman–Crippen LogP) is 2.92. The Bertz CT molecular complexity index is 439. The zero-order valence-corrected chi connectivity index (χ0v) is 10.00. The largest absolute Gasteiger partial charge is 0.478 e. The van der Waals surface area contributed by atoms with E-state index in [0.717, 1.165) is 5.56 Å². The van der Waals surface area contributed by atoms with E-state index in [9.17, 15) is 9.59 Å². The smallest absolute Gasteiger partial charge is 0.336 e. The van der Waals surface area contributed by atoms with Crippen LogP contribution < -0.4 is 0 Å². The molecule has 1 rings (SSSR count). The maximum atomic E-state index is 12.0. The zero-order valence-electron chi connectivity index (χ0n) is 10.00. The van der Waals surface area contributed by atoms with Gasteiger partial charge < -0.3 is 5.11 Å². The summed E-state index contributed by atoms with van der Waals surface area (Å²) in [4.78, 5) is 23.1. The van der Waals surface area contributed by atoms with Crippen molar-refractivity contribution in [1.82, 2.24) is 0 Å². The maximum absolute atomic E-state index is 12.0. The molecule has 0 spiro atoms. The van der Waals surface area contributed by atoms with Gasteiger partial charge in [0.1, 0.15) is 0 Å². The molecule has 1 aromatic carbocycles. The third-order valence-corrected chi connectivity index (χ3v) is 2.33. The molecule has 0 radical (unpaired) electrons. The Morgan fingerprint density at radius 3 is 2.12 bits per heavy atom. The van der Waals surface area contributed by atoms with Crippen LogP contribution in [0.4, 0.5) is 0 Å². The van der Waals surface area contributed by atoms with Gasteiger partial charge in [0, 0.05) is 11.0 Å². The molecule has 0 saturated carbocycles. The molecule has 0 saturated heterocycles. The van der Waals surface area contributed by atoms with Crippen molar-refractivity contribution in [2.45, 2.75) is 27.7 Å². The van der Waals surface area contributed by atoms with E-state index in [2.05, 4.69) is 0 Å². The van der Waals surface area contributed by atoms with Crippen LogP contribution in [0.3, 0.4) is 0 Å². The lowest BCUT2D eigenvalue weighted by molar-refractivity contribution is 0.0687. The SMILES string of the molecule is Cc1ccc(C(=O)C(C)(C)C)c(C(=O)O)c1. The fraction of sp³-hybridized carbons (Fsp3) is 0.385. The topological polar surface area (TPSA) is 54.4 Å². The molecule has 0 amide bonds. The number of hydrogen-bond acceptors (Lipinski definition) is 2. The van der Waals surface area contributed by atoms with Gasteiger partial charge in [-0.25, -0.2) is 4.79 Å². The lowest BCUT2D eigenvalue weighted by Gasteiger charge is -2.18. The molecule has 0 aromatic heterocycles. The molecule has 0 fully saturated rings. The zero-order chi connectivity index (χ0) is 12.5. The van der Waals surface area contributed by atoms with Crippen molar-refractivity contribution in [1.29, 1.82) is 0 Å². The Balaban J connectivity index is 3.34. The summed E-state index contributed by atoms with van der Waals surface area (Å²) < 4.78 is 0. The fourth-order valence-corrected chi connectivity index (χ4v) is 1.44. The van der Waals surface area contributed by atoms with Crippen molar-refractivity contribution in [3.05, 3.63) is 34.9 Å². The number of hydrogen-bond donors (Lipinski definition) is 1. The summed E-state index contributed by atoms with van der Waals surface area (Å²) in [6, 6.07) is 4.87. The van der Waals surface area contributed by atoms with Gasteiger partial charge >= 0.3 is 5.97 Å². The molecule has 3 nitrogen and oxygen atoms in total. The van der Waals surface area contributed by atoms with Gasteiger partial charge in [0.05, 0.1) is 5.56 Å². The van der Waals surface area contributed by atoms with Crippen LogP contribution in [-0.4, -0.2) is 16.9 Å². The molecular formula is C13H16O3. The molecule has 0 bridgehead atoms. The van der Waals surface area contributed by atoms with E-state index in [0.29, 0.717) is 0 Å². The highest BCUT2D eigenvalue weighted by molar-refractivity contribution is 6.08. The van der Waals surface area contributed by atoms with E-state index < -0.39 is 11.4 Å². The van der Waals surface area contributed by atoms with Gasteiger partial charge in [0.2, 0.25) is 0 Å². The predicted molar refractivity (Wildman–Crippen MR) is 61.9 cm³/mol. The van der Waals surface area contributed by atoms with E-state index in [1.54, 1.807) is 39.8 Å². The van der Waals surface area contributed by atoms with E-state index in [1.165, 1.54) is 6.07 Å². The first-order valence-corrected chi connectivity index (χ1v) is 5.12.